The number of carboxylic acid groups (broad SMARTS) is 1. The summed E-state index contributed by atoms with van der Waals surface area (Å²) in [5, 5.41) is 15.0. The molecule has 2 heterocycles. The molecule has 2 N–H and O–H groups in total. The number of aromatic nitrogens is 2. The van der Waals surface area contributed by atoms with Gasteiger partial charge in [-0.1, -0.05) is 13.0 Å². The monoisotopic (exact) mass is 263 g/mol. The largest absolute Gasteiger partial charge is 0.477 e. The average molecular weight is 263 g/mol. The van der Waals surface area contributed by atoms with Crippen LogP contribution in [0.3, 0.4) is 0 Å². The van der Waals surface area contributed by atoms with Crippen molar-refractivity contribution in [2.75, 3.05) is 5.32 Å². The third-order valence-corrected chi connectivity index (χ3v) is 3.36. The van der Waals surface area contributed by atoms with E-state index in [1.807, 2.05) is 5.38 Å². The zero-order valence-electron chi connectivity index (χ0n) is 9.88. The Morgan fingerprint density at radius 3 is 2.94 bits per heavy atom. The van der Waals surface area contributed by atoms with Gasteiger partial charge >= 0.3 is 5.97 Å². The van der Waals surface area contributed by atoms with Crippen LogP contribution in [0.25, 0.3) is 0 Å². The Morgan fingerprint density at radius 2 is 2.28 bits per heavy atom. The van der Waals surface area contributed by atoms with Crippen molar-refractivity contribution in [2.24, 2.45) is 0 Å². The number of aryl methyl sites for hydroxylation is 1. The van der Waals surface area contributed by atoms with E-state index in [2.05, 4.69) is 22.2 Å². The molecule has 2 aromatic rings. The zero-order chi connectivity index (χ0) is 13.0. The van der Waals surface area contributed by atoms with Gasteiger partial charge in [0.2, 0.25) is 0 Å². The third-order valence-electron chi connectivity index (χ3n) is 2.32. The summed E-state index contributed by atoms with van der Waals surface area (Å²) in [5.74, 6) is -0.485. The second kappa shape index (κ2) is 5.59. The average Bonchev–Trinajstić information content (AvgIpc) is 2.84. The Balaban J connectivity index is 2.01. The number of rotatable bonds is 5. The van der Waals surface area contributed by atoms with Gasteiger partial charge in [0, 0.05) is 5.38 Å². The highest BCUT2D eigenvalue weighted by Crippen LogP contribution is 2.12. The SMILES string of the molecule is CCc1nc(CNc2cccc(C(=O)O)n2)cs1. The highest BCUT2D eigenvalue weighted by atomic mass is 32.1. The van der Waals surface area contributed by atoms with Crippen molar-refractivity contribution in [2.45, 2.75) is 19.9 Å². The van der Waals surface area contributed by atoms with E-state index in [1.165, 1.54) is 6.07 Å². The Bertz CT molecular complexity index is 554. The molecule has 0 saturated heterocycles. The maximum atomic E-state index is 10.8. The minimum absolute atomic E-state index is 0.0347. The molecule has 2 rings (SSSR count). The van der Waals surface area contributed by atoms with E-state index in [1.54, 1.807) is 23.5 Å². The number of hydrogen-bond acceptors (Lipinski definition) is 5. The lowest BCUT2D eigenvalue weighted by Crippen LogP contribution is -2.05. The first kappa shape index (κ1) is 12.5. The second-order valence-electron chi connectivity index (χ2n) is 3.65. The van der Waals surface area contributed by atoms with Gasteiger partial charge in [-0.3, -0.25) is 0 Å². The predicted molar refractivity (Wildman–Crippen MR) is 70.0 cm³/mol. The maximum absolute atomic E-state index is 10.8. The van der Waals surface area contributed by atoms with E-state index in [9.17, 15) is 4.79 Å². The molecule has 0 fully saturated rings. The number of thiazole rings is 1. The van der Waals surface area contributed by atoms with Crippen molar-refractivity contribution in [1.29, 1.82) is 0 Å². The number of nitrogens with zero attached hydrogens (tertiary/aromatic N) is 2. The molecule has 0 aliphatic rings. The van der Waals surface area contributed by atoms with E-state index in [0.717, 1.165) is 17.1 Å². The molecule has 2 aromatic heterocycles. The number of nitrogens with one attached hydrogen (secondary N) is 1. The molecule has 6 heteroatoms. The first-order chi connectivity index (χ1) is 8.69. The van der Waals surface area contributed by atoms with Crippen molar-refractivity contribution >= 4 is 23.1 Å². The smallest absolute Gasteiger partial charge is 0.354 e. The van der Waals surface area contributed by atoms with Gasteiger partial charge in [-0.2, -0.15) is 0 Å². The van der Waals surface area contributed by atoms with Crippen molar-refractivity contribution in [3.8, 4) is 0 Å². The Labute approximate surface area is 109 Å². The number of anilines is 1. The van der Waals surface area contributed by atoms with E-state index in [4.69, 9.17) is 5.11 Å². The van der Waals surface area contributed by atoms with Gasteiger partial charge in [0.05, 0.1) is 17.2 Å². The van der Waals surface area contributed by atoms with Crippen LogP contribution in [0.2, 0.25) is 0 Å². The molecule has 0 unspecified atom stereocenters. The lowest BCUT2D eigenvalue weighted by Gasteiger charge is -2.03. The maximum Gasteiger partial charge on any atom is 0.354 e. The fraction of sp³-hybridized carbons (Fsp3) is 0.250. The highest BCUT2D eigenvalue weighted by Gasteiger charge is 2.05. The summed E-state index contributed by atoms with van der Waals surface area (Å²) in [7, 11) is 0. The lowest BCUT2D eigenvalue weighted by molar-refractivity contribution is 0.0690. The lowest BCUT2D eigenvalue weighted by atomic mass is 10.3. The molecule has 0 aliphatic carbocycles. The highest BCUT2D eigenvalue weighted by molar-refractivity contribution is 7.09. The van der Waals surface area contributed by atoms with E-state index < -0.39 is 5.97 Å². The van der Waals surface area contributed by atoms with E-state index in [0.29, 0.717) is 12.4 Å². The van der Waals surface area contributed by atoms with Crippen LogP contribution in [0, 0.1) is 0 Å². The summed E-state index contributed by atoms with van der Waals surface area (Å²) < 4.78 is 0. The molecule has 18 heavy (non-hydrogen) atoms. The van der Waals surface area contributed by atoms with Crippen LogP contribution in [0.5, 0.6) is 0 Å². The molecule has 0 aliphatic heterocycles. The molecule has 0 radical (unpaired) electrons. The van der Waals surface area contributed by atoms with E-state index >= 15 is 0 Å². The van der Waals surface area contributed by atoms with Crippen molar-refractivity contribution < 1.29 is 9.90 Å². The molecular weight excluding hydrogens is 250 g/mol. The molecule has 0 atom stereocenters. The first-order valence-corrected chi connectivity index (χ1v) is 6.44. The van der Waals surface area contributed by atoms with Crippen molar-refractivity contribution in [3.05, 3.63) is 40.0 Å². The summed E-state index contributed by atoms with van der Waals surface area (Å²) in [6.45, 7) is 2.61. The fourth-order valence-corrected chi connectivity index (χ4v) is 2.17. The van der Waals surface area contributed by atoms with Crippen LogP contribution in [-0.4, -0.2) is 21.0 Å². The van der Waals surface area contributed by atoms with Gasteiger partial charge in [0.25, 0.3) is 0 Å². The molecule has 0 aromatic carbocycles. The summed E-state index contributed by atoms with van der Waals surface area (Å²) >= 11 is 1.63. The normalized spacial score (nSPS) is 10.3. The minimum atomic E-state index is -1.03. The first-order valence-electron chi connectivity index (χ1n) is 5.56. The number of carboxylic acids is 1. The molecule has 0 bridgehead atoms. The Morgan fingerprint density at radius 1 is 1.44 bits per heavy atom. The van der Waals surface area contributed by atoms with Crippen LogP contribution < -0.4 is 5.32 Å². The van der Waals surface area contributed by atoms with Gasteiger partial charge < -0.3 is 10.4 Å². The quantitative estimate of drug-likeness (QED) is 0.866. The third kappa shape index (κ3) is 3.04. The zero-order valence-corrected chi connectivity index (χ0v) is 10.7. The summed E-state index contributed by atoms with van der Waals surface area (Å²) in [5.41, 5.74) is 0.979. The van der Waals surface area contributed by atoms with Gasteiger partial charge in [0.15, 0.2) is 5.69 Å². The van der Waals surface area contributed by atoms with Crippen molar-refractivity contribution in [3.63, 3.8) is 0 Å². The summed E-state index contributed by atoms with van der Waals surface area (Å²) in [6, 6.07) is 4.86. The Kier molecular flexibility index (Phi) is 3.88. The molecule has 5 nitrogen and oxygen atoms in total. The summed E-state index contributed by atoms with van der Waals surface area (Å²) in [6.07, 6.45) is 0.928. The Hall–Kier alpha value is -1.95. The predicted octanol–water partition coefficient (Wildman–Crippen LogP) is 2.41. The number of aromatic carboxylic acids is 1. The second-order valence-corrected chi connectivity index (χ2v) is 4.60. The standard InChI is InChI=1S/C12H13N3O2S/c1-2-11-14-8(7-18-11)6-13-10-5-3-4-9(15-10)12(16)17/h3-5,7H,2,6H2,1H3,(H,13,15)(H,16,17). The van der Waals surface area contributed by atoms with Crippen LogP contribution in [-0.2, 0) is 13.0 Å². The van der Waals surface area contributed by atoms with Crippen molar-refractivity contribution in [1.82, 2.24) is 9.97 Å². The number of carbonyl (C=O) groups is 1. The fourth-order valence-electron chi connectivity index (χ4n) is 1.43. The minimum Gasteiger partial charge on any atom is -0.477 e. The van der Waals surface area contributed by atoms with Gasteiger partial charge in [-0.15, -0.1) is 11.3 Å². The van der Waals surface area contributed by atoms with Crippen LogP contribution in [0.1, 0.15) is 28.1 Å². The summed E-state index contributed by atoms with van der Waals surface area (Å²) in [4.78, 5) is 19.2. The molecule has 0 saturated carbocycles. The van der Waals surface area contributed by atoms with Crippen LogP contribution >= 0.6 is 11.3 Å². The number of hydrogen-bond donors (Lipinski definition) is 2. The topological polar surface area (TPSA) is 75.1 Å². The number of pyridine rings is 1. The van der Waals surface area contributed by atoms with Crippen LogP contribution in [0.4, 0.5) is 5.82 Å². The van der Waals surface area contributed by atoms with Gasteiger partial charge in [0.1, 0.15) is 5.82 Å². The van der Waals surface area contributed by atoms with Crippen LogP contribution in [0.15, 0.2) is 23.6 Å². The van der Waals surface area contributed by atoms with E-state index in [-0.39, 0.29) is 5.69 Å². The molecule has 0 amide bonds. The molecule has 94 valence electrons. The molecule has 0 spiro atoms. The molecular formula is C12H13N3O2S. The van der Waals surface area contributed by atoms with Gasteiger partial charge in [-0.25, -0.2) is 14.8 Å². The van der Waals surface area contributed by atoms with Gasteiger partial charge in [-0.05, 0) is 18.6 Å².